The van der Waals surface area contributed by atoms with Crippen LogP contribution in [0.15, 0.2) is 4.52 Å². The second-order valence-electron chi connectivity index (χ2n) is 7.00. The quantitative estimate of drug-likeness (QED) is 0.832. The molecule has 0 bridgehead atoms. The molecule has 5 nitrogen and oxygen atoms in total. The molecule has 2 aliphatic heterocycles. The summed E-state index contributed by atoms with van der Waals surface area (Å²) in [5, 5.41) is 4.16. The molecule has 3 heterocycles. The molecule has 1 aliphatic carbocycles. The number of hydrogen-bond donors (Lipinski definition) is 0. The molecule has 0 spiro atoms. The van der Waals surface area contributed by atoms with Gasteiger partial charge in [0.1, 0.15) is 0 Å². The summed E-state index contributed by atoms with van der Waals surface area (Å²) in [6.45, 7) is 5.58. The van der Waals surface area contributed by atoms with Crippen molar-refractivity contribution in [2.24, 2.45) is 11.8 Å². The number of rotatable bonds is 5. The Balaban J connectivity index is 1.22. The maximum Gasteiger partial charge on any atom is 0.229 e. The van der Waals surface area contributed by atoms with E-state index in [1.54, 1.807) is 0 Å². The van der Waals surface area contributed by atoms with Gasteiger partial charge in [-0.15, -0.1) is 0 Å². The van der Waals surface area contributed by atoms with Gasteiger partial charge in [-0.05, 0) is 57.0 Å². The lowest BCUT2D eigenvalue weighted by Gasteiger charge is -2.32. The van der Waals surface area contributed by atoms with E-state index in [0.717, 1.165) is 43.2 Å². The summed E-state index contributed by atoms with van der Waals surface area (Å²) >= 11 is 0. The Bertz CT molecular complexity index is 458. The highest BCUT2D eigenvalue weighted by molar-refractivity contribution is 5.02. The van der Waals surface area contributed by atoms with Gasteiger partial charge in [0.15, 0.2) is 5.82 Å². The second-order valence-corrected chi connectivity index (χ2v) is 7.00. The van der Waals surface area contributed by atoms with Crippen LogP contribution < -0.4 is 0 Å². The van der Waals surface area contributed by atoms with Gasteiger partial charge in [0, 0.05) is 25.5 Å². The van der Waals surface area contributed by atoms with Crippen LogP contribution in [0.4, 0.5) is 0 Å². The minimum Gasteiger partial charge on any atom is -0.381 e. The minimum absolute atomic E-state index is 0.571. The number of hydrogen-bond acceptors (Lipinski definition) is 5. The first kappa shape index (κ1) is 13.7. The summed E-state index contributed by atoms with van der Waals surface area (Å²) in [6.07, 6.45) is 7.22. The highest BCUT2D eigenvalue weighted by Gasteiger charge is 2.30. The largest absolute Gasteiger partial charge is 0.381 e. The van der Waals surface area contributed by atoms with Gasteiger partial charge in [0.25, 0.3) is 0 Å². The van der Waals surface area contributed by atoms with Gasteiger partial charge in [0.05, 0.1) is 6.61 Å². The molecule has 1 atom stereocenters. The van der Waals surface area contributed by atoms with E-state index in [9.17, 15) is 0 Å². The Morgan fingerprint density at radius 2 is 1.90 bits per heavy atom. The fourth-order valence-electron chi connectivity index (χ4n) is 3.57. The summed E-state index contributed by atoms with van der Waals surface area (Å²) in [7, 11) is 0. The predicted molar refractivity (Wildman–Crippen MR) is 78.1 cm³/mol. The number of nitrogens with zero attached hydrogens (tertiary/aromatic N) is 3. The average molecular weight is 291 g/mol. The van der Waals surface area contributed by atoms with E-state index in [2.05, 4.69) is 15.0 Å². The molecule has 0 radical (unpaired) electrons. The van der Waals surface area contributed by atoms with E-state index >= 15 is 0 Å². The number of piperidine rings is 1. The molecule has 21 heavy (non-hydrogen) atoms. The maximum absolute atomic E-state index is 5.47. The van der Waals surface area contributed by atoms with Gasteiger partial charge in [-0.3, -0.25) is 0 Å². The molecule has 116 valence electrons. The Morgan fingerprint density at radius 1 is 1.05 bits per heavy atom. The molecule has 1 aromatic heterocycles. The highest BCUT2D eigenvalue weighted by atomic mass is 16.5. The van der Waals surface area contributed by atoms with E-state index in [1.807, 2.05) is 0 Å². The highest BCUT2D eigenvalue weighted by Crippen LogP contribution is 2.39. The molecular formula is C16H25N3O2. The van der Waals surface area contributed by atoms with Gasteiger partial charge >= 0.3 is 0 Å². The normalized spacial score (nSPS) is 28.3. The Hall–Kier alpha value is -0.940. The van der Waals surface area contributed by atoms with Crippen molar-refractivity contribution in [2.75, 3.05) is 32.8 Å². The number of ether oxygens (including phenoxy) is 1. The molecule has 2 saturated heterocycles. The van der Waals surface area contributed by atoms with Crippen molar-refractivity contribution in [3.63, 3.8) is 0 Å². The standard InChI is InChI=1S/C16H25N3O2/c1-2-14(1)16-17-15(18-21-16)9-12-3-6-19(7-4-12)10-13-5-8-20-11-13/h12-14H,1-11H2/t13-/m0/s1. The summed E-state index contributed by atoms with van der Waals surface area (Å²) in [5.74, 6) is 3.87. The van der Waals surface area contributed by atoms with Crippen LogP contribution in [0.3, 0.4) is 0 Å². The Kier molecular flexibility index (Phi) is 3.95. The van der Waals surface area contributed by atoms with Gasteiger partial charge in [-0.25, -0.2) is 0 Å². The molecule has 0 N–H and O–H groups in total. The number of aromatic nitrogens is 2. The average Bonchev–Trinajstić information content (AvgIpc) is 3.03. The molecule has 1 saturated carbocycles. The van der Waals surface area contributed by atoms with Crippen LogP contribution in [-0.4, -0.2) is 47.9 Å². The summed E-state index contributed by atoms with van der Waals surface area (Å²) in [4.78, 5) is 7.17. The zero-order valence-electron chi connectivity index (χ0n) is 12.7. The smallest absolute Gasteiger partial charge is 0.229 e. The minimum atomic E-state index is 0.571. The molecule has 3 aliphatic rings. The summed E-state index contributed by atoms with van der Waals surface area (Å²) < 4.78 is 10.8. The third-order valence-corrected chi connectivity index (χ3v) is 5.13. The van der Waals surface area contributed by atoms with E-state index < -0.39 is 0 Å². The maximum atomic E-state index is 5.47. The van der Waals surface area contributed by atoms with Crippen LogP contribution >= 0.6 is 0 Å². The van der Waals surface area contributed by atoms with Crippen molar-refractivity contribution in [3.05, 3.63) is 11.7 Å². The van der Waals surface area contributed by atoms with E-state index in [-0.39, 0.29) is 0 Å². The number of likely N-dealkylation sites (tertiary alicyclic amines) is 1. The lowest BCUT2D eigenvalue weighted by atomic mass is 9.92. The van der Waals surface area contributed by atoms with Crippen molar-refractivity contribution in [3.8, 4) is 0 Å². The zero-order valence-corrected chi connectivity index (χ0v) is 12.7. The van der Waals surface area contributed by atoms with Crippen LogP contribution in [0.2, 0.25) is 0 Å². The predicted octanol–water partition coefficient (Wildman–Crippen LogP) is 2.24. The first-order valence-electron chi connectivity index (χ1n) is 8.49. The van der Waals surface area contributed by atoms with Crippen LogP contribution in [0.1, 0.15) is 49.7 Å². The summed E-state index contributed by atoms with van der Waals surface area (Å²) in [6, 6.07) is 0. The van der Waals surface area contributed by atoms with E-state index in [4.69, 9.17) is 9.26 Å². The first-order chi connectivity index (χ1) is 10.4. The van der Waals surface area contributed by atoms with E-state index in [0.29, 0.717) is 5.92 Å². The first-order valence-corrected chi connectivity index (χ1v) is 8.49. The Labute approximate surface area is 126 Å². The van der Waals surface area contributed by atoms with Gasteiger partial charge in [-0.2, -0.15) is 4.98 Å². The van der Waals surface area contributed by atoms with Crippen molar-refractivity contribution in [1.82, 2.24) is 15.0 Å². The Morgan fingerprint density at radius 3 is 2.62 bits per heavy atom. The van der Waals surface area contributed by atoms with Gasteiger partial charge < -0.3 is 14.2 Å². The summed E-state index contributed by atoms with van der Waals surface area (Å²) in [5.41, 5.74) is 0. The van der Waals surface area contributed by atoms with E-state index in [1.165, 1.54) is 51.7 Å². The molecule has 0 aromatic carbocycles. The fraction of sp³-hybridized carbons (Fsp3) is 0.875. The molecule has 3 fully saturated rings. The molecule has 0 unspecified atom stereocenters. The molecule has 5 heteroatoms. The topological polar surface area (TPSA) is 51.4 Å². The lowest BCUT2D eigenvalue weighted by molar-refractivity contribution is 0.140. The van der Waals surface area contributed by atoms with Crippen molar-refractivity contribution in [2.45, 2.75) is 44.4 Å². The molecular weight excluding hydrogens is 266 g/mol. The van der Waals surface area contributed by atoms with Crippen LogP contribution in [-0.2, 0) is 11.2 Å². The monoisotopic (exact) mass is 291 g/mol. The fourth-order valence-corrected chi connectivity index (χ4v) is 3.57. The third kappa shape index (κ3) is 3.46. The second kappa shape index (κ2) is 6.05. The molecule has 4 rings (SSSR count). The van der Waals surface area contributed by atoms with Crippen molar-refractivity contribution < 1.29 is 9.26 Å². The van der Waals surface area contributed by atoms with Crippen molar-refractivity contribution >= 4 is 0 Å². The van der Waals surface area contributed by atoms with Crippen LogP contribution in [0.5, 0.6) is 0 Å². The third-order valence-electron chi connectivity index (χ3n) is 5.13. The van der Waals surface area contributed by atoms with Gasteiger partial charge in [-0.1, -0.05) is 5.16 Å². The zero-order chi connectivity index (χ0) is 14.1. The molecule has 0 amide bonds. The van der Waals surface area contributed by atoms with Crippen LogP contribution in [0.25, 0.3) is 0 Å². The SMILES string of the molecule is C1C[C@@H](CN2CCC(Cc3noc(C4CC4)n3)CC2)CO1. The van der Waals surface area contributed by atoms with Gasteiger partial charge in [0.2, 0.25) is 5.89 Å². The lowest BCUT2D eigenvalue weighted by Crippen LogP contribution is -2.37. The molecule has 1 aromatic rings. The van der Waals surface area contributed by atoms with Crippen molar-refractivity contribution in [1.29, 1.82) is 0 Å². The van der Waals surface area contributed by atoms with Crippen LogP contribution in [0, 0.1) is 11.8 Å².